The van der Waals surface area contributed by atoms with E-state index >= 15 is 0 Å². The van der Waals surface area contributed by atoms with E-state index in [4.69, 9.17) is 11.6 Å². The first kappa shape index (κ1) is 16.3. The minimum atomic E-state index is -0.541. The first-order valence-electron chi connectivity index (χ1n) is 6.45. The van der Waals surface area contributed by atoms with Crippen LogP contribution in [0.25, 0.3) is 0 Å². The summed E-state index contributed by atoms with van der Waals surface area (Å²) in [4.78, 5) is 23.5. The lowest BCUT2D eigenvalue weighted by Gasteiger charge is -2.21. The lowest BCUT2D eigenvalue weighted by molar-refractivity contribution is -0.129. The van der Waals surface area contributed by atoms with Crippen molar-refractivity contribution in [2.75, 3.05) is 18.9 Å². The number of hydrogen-bond acceptors (Lipinski definition) is 3. The van der Waals surface area contributed by atoms with Gasteiger partial charge in [-0.15, -0.1) is 0 Å². The molecule has 0 saturated heterocycles. The van der Waals surface area contributed by atoms with Crippen molar-refractivity contribution in [3.63, 3.8) is 0 Å². The Kier molecular flexibility index (Phi) is 6.31. The predicted molar refractivity (Wildman–Crippen MR) is 80.8 cm³/mol. The minimum absolute atomic E-state index is 0.0132. The van der Waals surface area contributed by atoms with Crippen LogP contribution in [-0.4, -0.2) is 31.4 Å². The molecule has 0 bridgehead atoms. The maximum absolute atomic E-state index is 11.9. The molecule has 1 atom stereocenters. The molecule has 0 unspecified atom stereocenters. The van der Waals surface area contributed by atoms with E-state index < -0.39 is 6.04 Å². The fraction of sp³-hybridized carbons (Fsp3) is 0.429. The van der Waals surface area contributed by atoms with E-state index in [0.29, 0.717) is 10.7 Å². The van der Waals surface area contributed by atoms with E-state index in [9.17, 15) is 9.59 Å². The van der Waals surface area contributed by atoms with Crippen molar-refractivity contribution in [3.8, 4) is 0 Å². The van der Waals surface area contributed by atoms with Gasteiger partial charge in [-0.25, -0.2) is 0 Å². The van der Waals surface area contributed by atoms with Gasteiger partial charge in [-0.3, -0.25) is 9.59 Å². The summed E-state index contributed by atoms with van der Waals surface area (Å²) in [6.45, 7) is 3.81. The third-order valence-corrected chi connectivity index (χ3v) is 3.15. The Balaban J connectivity index is 2.55. The fourth-order valence-corrected chi connectivity index (χ4v) is 1.90. The van der Waals surface area contributed by atoms with Crippen molar-refractivity contribution in [2.45, 2.75) is 19.9 Å². The molecule has 1 aromatic carbocycles. The number of halogens is 1. The predicted octanol–water partition coefficient (Wildman–Crippen LogP) is 1.64. The average molecular weight is 298 g/mol. The molecule has 0 aliphatic rings. The molecule has 0 aromatic heterocycles. The second-order valence-corrected chi connectivity index (χ2v) is 5.14. The van der Waals surface area contributed by atoms with Gasteiger partial charge in [0.15, 0.2) is 0 Å². The maximum Gasteiger partial charge on any atom is 0.242 e. The van der Waals surface area contributed by atoms with Crippen LogP contribution in [0.5, 0.6) is 0 Å². The molecule has 0 aliphatic heterocycles. The van der Waals surface area contributed by atoms with Gasteiger partial charge in [0, 0.05) is 7.05 Å². The molecule has 1 rings (SSSR count). The SMILES string of the molecule is CNC(=O)[C@@H](NC(=O)CNc1ccccc1Cl)C(C)C. The van der Waals surface area contributed by atoms with Crippen LogP contribution in [0.3, 0.4) is 0 Å². The van der Waals surface area contributed by atoms with Crippen molar-refractivity contribution in [3.05, 3.63) is 29.3 Å². The quantitative estimate of drug-likeness (QED) is 0.747. The Morgan fingerprint density at radius 1 is 1.25 bits per heavy atom. The van der Waals surface area contributed by atoms with E-state index in [1.165, 1.54) is 0 Å². The Bertz CT molecular complexity index is 477. The zero-order valence-corrected chi connectivity index (χ0v) is 12.6. The van der Waals surface area contributed by atoms with Crippen molar-refractivity contribution in [1.29, 1.82) is 0 Å². The van der Waals surface area contributed by atoms with E-state index in [0.717, 1.165) is 0 Å². The third-order valence-electron chi connectivity index (χ3n) is 2.83. The zero-order valence-electron chi connectivity index (χ0n) is 11.9. The molecular formula is C14H20ClN3O2. The Labute approximate surface area is 124 Å². The first-order chi connectivity index (χ1) is 9.45. The number of amides is 2. The average Bonchev–Trinajstić information content (AvgIpc) is 2.42. The summed E-state index contributed by atoms with van der Waals surface area (Å²) in [5, 5.41) is 8.73. The highest BCUT2D eigenvalue weighted by molar-refractivity contribution is 6.33. The van der Waals surface area contributed by atoms with Gasteiger partial charge in [0.1, 0.15) is 6.04 Å². The Morgan fingerprint density at radius 2 is 1.90 bits per heavy atom. The molecular weight excluding hydrogens is 278 g/mol. The van der Waals surface area contributed by atoms with Crippen molar-refractivity contribution < 1.29 is 9.59 Å². The molecule has 0 heterocycles. The molecule has 6 heteroatoms. The third kappa shape index (κ3) is 4.74. The number of likely N-dealkylation sites (N-methyl/N-ethyl adjacent to an activating group) is 1. The first-order valence-corrected chi connectivity index (χ1v) is 6.83. The number of para-hydroxylation sites is 1. The molecule has 0 fully saturated rings. The zero-order chi connectivity index (χ0) is 15.1. The van der Waals surface area contributed by atoms with Crippen LogP contribution >= 0.6 is 11.6 Å². The molecule has 0 aliphatic carbocycles. The molecule has 0 radical (unpaired) electrons. The summed E-state index contributed by atoms with van der Waals surface area (Å²) in [6, 6.07) is 6.62. The molecule has 5 nitrogen and oxygen atoms in total. The van der Waals surface area contributed by atoms with Gasteiger partial charge in [-0.2, -0.15) is 0 Å². The molecule has 0 saturated carbocycles. The van der Waals surface area contributed by atoms with Crippen LogP contribution in [0.2, 0.25) is 5.02 Å². The minimum Gasteiger partial charge on any atom is -0.375 e. The van der Waals surface area contributed by atoms with Crippen molar-refractivity contribution >= 4 is 29.1 Å². The van der Waals surface area contributed by atoms with Crippen LogP contribution in [0.15, 0.2) is 24.3 Å². The number of anilines is 1. The topological polar surface area (TPSA) is 70.2 Å². The molecule has 3 N–H and O–H groups in total. The van der Waals surface area contributed by atoms with Crippen molar-refractivity contribution in [1.82, 2.24) is 10.6 Å². The normalized spacial score (nSPS) is 11.8. The largest absolute Gasteiger partial charge is 0.375 e. The van der Waals surface area contributed by atoms with Gasteiger partial charge in [-0.05, 0) is 18.1 Å². The summed E-state index contributed by atoms with van der Waals surface area (Å²) in [5.41, 5.74) is 0.686. The van der Waals surface area contributed by atoms with Crippen LogP contribution in [0, 0.1) is 5.92 Å². The van der Waals surface area contributed by atoms with E-state index in [2.05, 4.69) is 16.0 Å². The molecule has 20 heavy (non-hydrogen) atoms. The van der Waals surface area contributed by atoms with Gasteiger partial charge < -0.3 is 16.0 Å². The van der Waals surface area contributed by atoms with Gasteiger partial charge in [0.05, 0.1) is 17.3 Å². The van der Waals surface area contributed by atoms with Gasteiger partial charge >= 0.3 is 0 Å². The maximum atomic E-state index is 11.9. The van der Waals surface area contributed by atoms with Crippen molar-refractivity contribution in [2.24, 2.45) is 5.92 Å². The smallest absolute Gasteiger partial charge is 0.242 e. The number of benzene rings is 1. The summed E-state index contributed by atoms with van der Waals surface area (Å²) in [5.74, 6) is -0.447. The summed E-state index contributed by atoms with van der Waals surface area (Å²) in [6.07, 6.45) is 0. The summed E-state index contributed by atoms with van der Waals surface area (Å²) < 4.78 is 0. The van der Waals surface area contributed by atoms with E-state index in [1.807, 2.05) is 26.0 Å². The molecule has 110 valence electrons. The van der Waals surface area contributed by atoms with Gasteiger partial charge in [-0.1, -0.05) is 37.6 Å². The van der Waals surface area contributed by atoms with Gasteiger partial charge in [0.2, 0.25) is 11.8 Å². The highest BCUT2D eigenvalue weighted by atomic mass is 35.5. The molecule has 1 aromatic rings. The number of rotatable bonds is 6. The van der Waals surface area contributed by atoms with Crippen LogP contribution in [-0.2, 0) is 9.59 Å². The van der Waals surface area contributed by atoms with E-state index in [1.54, 1.807) is 19.2 Å². The standard InChI is InChI=1S/C14H20ClN3O2/c1-9(2)13(14(20)16-3)18-12(19)8-17-11-7-5-4-6-10(11)15/h4-7,9,13,17H,8H2,1-3H3,(H,16,20)(H,18,19)/t13-/m0/s1. The second kappa shape index (κ2) is 7.75. The highest BCUT2D eigenvalue weighted by Gasteiger charge is 2.22. The Hall–Kier alpha value is -1.75. The Morgan fingerprint density at radius 3 is 2.45 bits per heavy atom. The van der Waals surface area contributed by atoms with Crippen LogP contribution < -0.4 is 16.0 Å². The van der Waals surface area contributed by atoms with Crippen LogP contribution in [0.4, 0.5) is 5.69 Å². The van der Waals surface area contributed by atoms with Crippen LogP contribution in [0.1, 0.15) is 13.8 Å². The number of hydrogen-bond donors (Lipinski definition) is 3. The molecule has 2 amide bonds. The molecule has 0 spiro atoms. The summed E-state index contributed by atoms with van der Waals surface area (Å²) in [7, 11) is 1.55. The van der Waals surface area contributed by atoms with E-state index in [-0.39, 0.29) is 24.3 Å². The summed E-state index contributed by atoms with van der Waals surface area (Å²) >= 11 is 5.98. The number of carbonyl (C=O) groups excluding carboxylic acids is 2. The lowest BCUT2D eigenvalue weighted by Crippen LogP contribution is -2.50. The second-order valence-electron chi connectivity index (χ2n) is 4.74. The van der Waals surface area contributed by atoms with Gasteiger partial charge in [0.25, 0.3) is 0 Å². The number of nitrogens with one attached hydrogen (secondary N) is 3. The highest BCUT2D eigenvalue weighted by Crippen LogP contribution is 2.19. The monoisotopic (exact) mass is 297 g/mol. The lowest BCUT2D eigenvalue weighted by atomic mass is 10.0. The number of carbonyl (C=O) groups is 2. The fourth-order valence-electron chi connectivity index (χ4n) is 1.70.